The second-order valence-electron chi connectivity index (χ2n) is 14.8. The number of halogens is 1. The van der Waals surface area contributed by atoms with Crippen molar-refractivity contribution in [3.05, 3.63) is 59.3 Å². The van der Waals surface area contributed by atoms with Crippen molar-refractivity contribution in [1.82, 2.24) is 0 Å². The van der Waals surface area contributed by atoms with Gasteiger partial charge in [0.05, 0.1) is 12.7 Å². The van der Waals surface area contributed by atoms with Crippen molar-refractivity contribution in [2.45, 2.75) is 122 Å². The fourth-order valence-electron chi connectivity index (χ4n) is 4.61. The van der Waals surface area contributed by atoms with Crippen LogP contribution in [-0.4, -0.2) is 51.3 Å². The number of aliphatic hydroxyl groups is 1. The summed E-state index contributed by atoms with van der Waals surface area (Å²) in [6.07, 6.45) is 10.7. The van der Waals surface area contributed by atoms with Gasteiger partial charge in [-0.25, -0.2) is 4.79 Å². The third-order valence-corrected chi connectivity index (χ3v) is 18.5. The minimum Gasteiger partial charge on any atom is -0.493 e. The molecule has 0 spiro atoms. The number of carboxylic acid groups (broad SMARTS) is 1. The van der Waals surface area contributed by atoms with E-state index in [1.807, 2.05) is 24.3 Å². The standard InChI is InChI=1S/C34H55ClO6Si2/c1-32(2,3)42(7,8)40-34(31(37)38,41-43(9,10)33(4,5)6)23-14-11-12-20-29-26(21-22-30(29)36)17-13-15-24-39-28-19-16-18-27(35)25-28/h12-14,16-19,25-26,29-30,36H,15,20-24H2,1-10H3,(H,37,38)/t11?,26-,29+,30-/m0/s1. The van der Waals surface area contributed by atoms with Crippen LogP contribution < -0.4 is 4.74 Å². The van der Waals surface area contributed by atoms with Crippen molar-refractivity contribution in [2.75, 3.05) is 6.61 Å². The maximum Gasteiger partial charge on any atom is 0.362 e. The Morgan fingerprint density at radius 2 is 1.63 bits per heavy atom. The van der Waals surface area contributed by atoms with Crippen LogP contribution in [0.25, 0.3) is 0 Å². The van der Waals surface area contributed by atoms with Crippen molar-refractivity contribution in [3.8, 4) is 5.75 Å². The smallest absolute Gasteiger partial charge is 0.362 e. The first kappa shape index (κ1) is 37.5. The number of carboxylic acids is 1. The monoisotopic (exact) mass is 650 g/mol. The van der Waals surface area contributed by atoms with E-state index < -0.39 is 28.4 Å². The molecule has 0 unspecified atom stereocenters. The fraction of sp³-hybridized carbons (Fsp3) is 0.647. The number of aliphatic hydroxyl groups excluding tert-OH is 1. The second kappa shape index (κ2) is 15.1. The molecule has 43 heavy (non-hydrogen) atoms. The lowest BCUT2D eigenvalue weighted by Gasteiger charge is -2.48. The van der Waals surface area contributed by atoms with Crippen LogP contribution in [0.5, 0.6) is 5.75 Å². The van der Waals surface area contributed by atoms with Gasteiger partial charge in [-0.2, -0.15) is 0 Å². The van der Waals surface area contributed by atoms with E-state index in [0.717, 1.165) is 25.0 Å². The molecule has 2 N–H and O–H groups in total. The van der Waals surface area contributed by atoms with Crippen molar-refractivity contribution >= 4 is 34.2 Å². The van der Waals surface area contributed by atoms with E-state index in [9.17, 15) is 15.0 Å². The first-order valence-corrected chi connectivity index (χ1v) is 21.7. The Balaban J connectivity index is 2.13. The SMILES string of the molecule is CC(C)(C)[Si](C)(C)OC(CC=C=CC[C@H]1[C@@H](O)CC[C@@H]1C=CCCOc1cccc(Cl)c1)(O[Si](C)(C)C(C)(C)C)C(=O)O. The van der Waals surface area contributed by atoms with E-state index in [-0.39, 0.29) is 34.4 Å². The number of benzene rings is 1. The molecule has 0 saturated heterocycles. The lowest BCUT2D eigenvalue weighted by molar-refractivity contribution is -0.191. The molecule has 1 aliphatic rings. The third-order valence-electron chi connectivity index (χ3n) is 9.35. The maximum atomic E-state index is 12.9. The highest BCUT2D eigenvalue weighted by molar-refractivity contribution is 6.75. The molecular weight excluding hydrogens is 596 g/mol. The highest BCUT2D eigenvalue weighted by Gasteiger charge is 2.54. The zero-order chi connectivity index (χ0) is 32.7. The summed E-state index contributed by atoms with van der Waals surface area (Å²) in [5.41, 5.74) is 3.20. The van der Waals surface area contributed by atoms with Crippen LogP contribution in [-0.2, 0) is 13.6 Å². The van der Waals surface area contributed by atoms with Crippen LogP contribution in [0.4, 0.5) is 0 Å². The number of hydrogen-bond acceptors (Lipinski definition) is 5. The third kappa shape index (κ3) is 10.7. The molecule has 1 aromatic rings. The minimum atomic E-state index is -2.51. The molecule has 0 aliphatic heterocycles. The molecular formula is C34H55ClO6Si2. The van der Waals surface area contributed by atoms with Gasteiger partial charge in [0.2, 0.25) is 0 Å². The van der Waals surface area contributed by atoms with E-state index in [0.29, 0.717) is 18.1 Å². The summed E-state index contributed by atoms with van der Waals surface area (Å²) >= 11 is 6.02. The number of allylic oxidation sites excluding steroid dienone is 1. The molecule has 1 aromatic carbocycles. The summed E-state index contributed by atoms with van der Waals surface area (Å²) in [5, 5.41) is 21.5. The summed E-state index contributed by atoms with van der Waals surface area (Å²) in [6, 6.07) is 7.37. The fourth-order valence-corrected chi connectivity index (χ4v) is 7.56. The number of rotatable bonds is 14. The molecule has 0 bridgehead atoms. The van der Waals surface area contributed by atoms with Gasteiger partial charge in [0.15, 0.2) is 16.6 Å². The Bertz CT molecular complexity index is 1130. The average molecular weight is 651 g/mol. The van der Waals surface area contributed by atoms with E-state index in [4.69, 9.17) is 25.2 Å². The first-order chi connectivity index (χ1) is 19.7. The molecule has 9 heteroatoms. The largest absolute Gasteiger partial charge is 0.493 e. The Morgan fingerprint density at radius 3 is 2.16 bits per heavy atom. The van der Waals surface area contributed by atoms with Crippen molar-refractivity contribution in [3.63, 3.8) is 0 Å². The Labute approximate surface area is 267 Å². The summed E-state index contributed by atoms with van der Waals surface area (Å²) < 4.78 is 19.0. The summed E-state index contributed by atoms with van der Waals surface area (Å²) in [5.74, 6) is -1.78. The Morgan fingerprint density at radius 1 is 1.02 bits per heavy atom. The van der Waals surface area contributed by atoms with Crippen LogP contribution in [0.3, 0.4) is 0 Å². The number of ether oxygens (including phenoxy) is 1. The van der Waals surface area contributed by atoms with Gasteiger partial charge < -0.3 is 23.8 Å². The molecule has 3 atom stereocenters. The number of hydrogen-bond donors (Lipinski definition) is 2. The van der Waals surface area contributed by atoms with Crippen LogP contribution in [0, 0.1) is 11.8 Å². The minimum absolute atomic E-state index is 0.0566. The molecule has 6 nitrogen and oxygen atoms in total. The van der Waals surface area contributed by atoms with Gasteiger partial charge >= 0.3 is 5.97 Å². The van der Waals surface area contributed by atoms with Crippen molar-refractivity contribution in [2.24, 2.45) is 11.8 Å². The molecule has 1 fully saturated rings. The molecule has 242 valence electrons. The topological polar surface area (TPSA) is 85.2 Å². The van der Waals surface area contributed by atoms with E-state index >= 15 is 0 Å². The molecule has 1 saturated carbocycles. The van der Waals surface area contributed by atoms with Gasteiger partial charge in [0.25, 0.3) is 5.79 Å². The number of carbonyl (C=O) groups is 1. The second-order valence-corrected chi connectivity index (χ2v) is 24.7. The van der Waals surface area contributed by atoms with Crippen LogP contribution in [0.2, 0.25) is 41.3 Å². The number of aliphatic carboxylic acids is 1. The molecule has 0 amide bonds. The van der Waals surface area contributed by atoms with Crippen LogP contribution >= 0.6 is 11.6 Å². The van der Waals surface area contributed by atoms with Gasteiger partial charge in [0.1, 0.15) is 5.75 Å². The summed E-state index contributed by atoms with van der Waals surface area (Å²) in [7, 11) is -5.02. The summed E-state index contributed by atoms with van der Waals surface area (Å²) in [6.45, 7) is 21.3. The van der Waals surface area contributed by atoms with E-state index in [1.54, 1.807) is 12.1 Å². The molecule has 0 radical (unpaired) electrons. The quantitative estimate of drug-likeness (QED) is 0.0686. The van der Waals surface area contributed by atoms with Gasteiger partial charge in [-0.1, -0.05) is 71.4 Å². The van der Waals surface area contributed by atoms with E-state index in [2.05, 4.69) is 85.6 Å². The van der Waals surface area contributed by atoms with E-state index in [1.165, 1.54) is 0 Å². The van der Waals surface area contributed by atoms with Gasteiger partial charge in [0, 0.05) is 11.4 Å². The predicted octanol–water partition coefficient (Wildman–Crippen LogP) is 9.37. The zero-order valence-corrected chi connectivity index (χ0v) is 30.8. The van der Waals surface area contributed by atoms with Gasteiger partial charge in [-0.05, 0) is 104 Å². The first-order valence-electron chi connectivity index (χ1n) is 15.5. The highest BCUT2D eigenvalue weighted by Crippen LogP contribution is 2.45. The molecule has 0 aromatic heterocycles. The van der Waals surface area contributed by atoms with Crippen LogP contribution in [0.15, 0.2) is 54.3 Å². The predicted molar refractivity (Wildman–Crippen MR) is 182 cm³/mol. The Hall–Kier alpha value is -1.65. The van der Waals surface area contributed by atoms with Crippen LogP contribution in [0.1, 0.15) is 73.6 Å². The van der Waals surface area contributed by atoms with Crippen molar-refractivity contribution in [1.29, 1.82) is 0 Å². The lowest BCUT2D eigenvalue weighted by atomic mass is 9.91. The molecule has 1 aliphatic carbocycles. The zero-order valence-electron chi connectivity index (χ0n) is 28.0. The van der Waals surface area contributed by atoms with Gasteiger partial charge in [-0.3, -0.25) is 0 Å². The Kier molecular flexibility index (Phi) is 13.2. The van der Waals surface area contributed by atoms with Gasteiger partial charge in [-0.15, -0.1) is 5.73 Å². The molecule has 0 heterocycles. The normalized spacial score (nSPS) is 20.2. The highest BCUT2D eigenvalue weighted by atomic mass is 35.5. The average Bonchev–Trinajstić information content (AvgIpc) is 3.20. The lowest BCUT2D eigenvalue weighted by Crippen LogP contribution is -2.60. The summed E-state index contributed by atoms with van der Waals surface area (Å²) in [4.78, 5) is 12.9. The maximum absolute atomic E-state index is 12.9. The van der Waals surface area contributed by atoms with Crippen molar-refractivity contribution < 1.29 is 28.6 Å². The molecule has 2 rings (SSSR count).